The molecule has 4 aromatic heterocycles. The van der Waals surface area contributed by atoms with Crippen LogP contribution in [0.2, 0.25) is 0 Å². The van der Waals surface area contributed by atoms with Crippen molar-refractivity contribution < 1.29 is 13.2 Å². The fourth-order valence-electron chi connectivity index (χ4n) is 5.82. The summed E-state index contributed by atoms with van der Waals surface area (Å²) in [7, 11) is -3.70. The van der Waals surface area contributed by atoms with E-state index < -0.39 is 9.84 Å². The molecule has 0 saturated carbocycles. The number of hydrogen-bond donors (Lipinski definition) is 1. The van der Waals surface area contributed by atoms with Gasteiger partial charge in [0.05, 0.1) is 35.5 Å². The molecule has 0 spiro atoms. The van der Waals surface area contributed by atoms with Gasteiger partial charge in [-0.3, -0.25) is 9.78 Å². The normalized spacial score (nSPS) is 21.6. The van der Waals surface area contributed by atoms with Crippen LogP contribution < -0.4 is 5.73 Å². The minimum Gasteiger partial charge on any atom is -0.382 e. The van der Waals surface area contributed by atoms with E-state index in [1.807, 2.05) is 11.8 Å². The number of nitrogens with zero attached hydrogens (tertiary/aromatic N) is 7. The second-order valence-electron chi connectivity index (χ2n) is 9.82. The van der Waals surface area contributed by atoms with Crippen LogP contribution in [0.15, 0.2) is 29.7 Å². The Morgan fingerprint density at radius 3 is 2.30 bits per heavy atom. The summed E-state index contributed by atoms with van der Waals surface area (Å²) in [6.07, 6.45) is 10.9. The molecule has 4 aromatic rings. The first kappa shape index (κ1) is 23.9. The van der Waals surface area contributed by atoms with Crippen LogP contribution in [-0.2, 0) is 14.6 Å². The van der Waals surface area contributed by atoms with Crippen LogP contribution in [0.25, 0.3) is 27.6 Å². The Morgan fingerprint density at radius 1 is 1.05 bits per heavy atom. The van der Waals surface area contributed by atoms with E-state index in [-0.39, 0.29) is 34.6 Å². The monoisotopic (exact) mass is 538 g/mol. The van der Waals surface area contributed by atoms with Gasteiger partial charge in [0, 0.05) is 42.3 Å². The number of aryl methyl sites for hydroxylation is 1. The predicted octanol–water partition coefficient (Wildman–Crippen LogP) is 2.86. The fraction of sp³-hybridized carbons (Fsp3) is 0.417. The van der Waals surface area contributed by atoms with Crippen molar-refractivity contribution in [1.82, 2.24) is 34.4 Å². The van der Waals surface area contributed by atoms with Gasteiger partial charge in [0.2, 0.25) is 5.91 Å². The van der Waals surface area contributed by atoms with Crippen molar-refractivity contribution in [3.8, 4) is 22.0 Å². The number of nitrogen functional groups attached to an aromatic ring is 1. The average Bonchev–Trinajstić information content (AvgIpc) is 3.54. The number of amides is 1. The highest BCUT2D eigenvalue weighted by atomic mass is 32.2. The molecule has 2 N–H and O–H groups in total. The number of fused-ring (bicyclic) bond motifs is 3. The van der Waals surface area contributed by atoms with Crippen LogP contribution in [0, 0.1) is 6.92 Å². The first-order valence-corrected chi connectivity index (χ1v) is 14.7. The highest BCUT2D eigenvalue weighted by Gasteiger charge is 2.44. The van der Waals surface area contributed by atoms with Gasteiger partial charge in [0.1, 0.15) is 21.4 Å². The summed E-state index contributed by atoms with van der Waals surface area (Å²) in [5, 5.41) is 5.13. The smallest absolute Gasteiger partial charge is 0.219 e. The maximum absolute atomic E-state index is 12.9. The van der Waals surface area contributed by atoms with E-state index in [0.29, 0.717) is 41.1 Å². The number of nitrogens with two attached hydrogens (primary N) is 1. The number of piperidine rings is 1. The number of rotatable bonds is 4. The molecule has 3 atom stereocenters. The molecule has 1 amide bonds. The molecular formula is C24H26N8O3S2. The molecule has 0 radical (unpaired) electrons. The van der Waals surface area contributed by atoms with E-state index in [0.717, 1.165) is 29.0 Å². The van der Waals surface area contributed by atoms with Crippen LogP contribution in [0.4, 0.5) is 5.82 Å². The summed E-state index contributed by atoms with van der Waals surface area (Å²) < 4.78 is 27.2. The highest BCUT2D eigenvalue weighted by Crippen LogP contribution is 2.45. The van der Waals surface area contributed by atoms with Gasteiger partial charge in [-0.1, -0.05) is 0 Å². The molecule has 1 unspecified atom stereocenters. The minimum atomic E-state index is -3.70. The van der Waals surface area contributed by atoms with Crippen molar-refractivity contribution in [2.75, 3.05) is 12.0 Å². The lowest BCUT2D eigenvalue weighted by molar-refractivity contribution is -0.133. The van der Waals surface area contributed by atoms with Crippen LogP contribution in [0.1, 0.15) is 49.1 Å². The molecule has 6 rings (SSSR count). The Kier molecular flexibility index (Phi) is 5.53. The number of hydrogen-bond acceptors (Lipinski definition) is 10. The van der Waals surface area contributed by atoms with Gasteiger partial charge >= 0.3 is 0 Å². The van der Waals surface area contributed by atoms with Crippen LogP contribution in [0.5, 0.6) is 0 Å². The van der Waals surface area contributed by atoms with Gasteiger partial charge in [0.15, 0.2) is 15.5 Å². The molecule has 2 aliphatic heterocycles. The molecule has 2 aliphatic rings. The first-order valence-electron chi connectivity index (χ1n) is 12.0. The SMILES string of the molecule is CC(=O)N1[C@@H]2CC[C@H]1CC(c1nc3c(-c4cnc(-c5ncc(C)s5)cn4)cnn3c(N)c1S(C)(=O)=O)C2. The van der Waals surface area contributed by atoms with Crippen LogP contribution in [-0.4, -0.2) is 67.1 Å². The van der Waals surface area contributed by atoms with Crippen molar-refractivity contribution in [2.45, 2.75) is 62.4 Å². The van der Waals surface area contributed by atoms with Crippen molar-refractivity contribution >= 4 is 38.5 Å². The number of thiazole rings is 1. The molecule has 0 aliphatic carbocycles. The Balaban J connectivity index is 1.45. The van der Waals surface area contributed by atoms with Gasteiger partial charge < -0.3 is 10.6 Å². The molecule has 0 aromatic carbocycles. The van der Waals surface area contributed by atoms with E-state index in [9.17, 15) is 13.2 Å². The predicted molar refractivity (Wildman–Crippen MR) is 139 cm³/mol. The molecule has 2 bridgehead atoms. The summed E-state index contributed by atoms with van der Waals surface area (Å²) in [6, 6.07) is 0.149. The highest BCUT2D eigenvalue weighted by molar-refractivity contribution is 7.91. The third-order valence-corrected chi connectivity index (χ3v) is 9.38. The molecule has 11 nitrogen and oxygen atoms in total. The quantitative estimate of drug-likeness (QED) is 0.414. The molecule has 192 valence electrons. The number of carbonyl (C=O) groups is 1. The van der Waals surface area contributed by atoms with E-state index >= 15 is 0 Å². The maximum Gasteiger partial charge on any atom is 0.219 e. The Morgan fingerprint density at radius 2 is 1.73 bits per heavy atom. The largest absolute Gasteiger partial charge is 0.382 e. The zero-order chi connectivity index (χ0) is 26.1. The Hall–Kier alpha value is -3.45. The summed E-state index contributed by atoms with van der Waals surface area (Å²) in [4.78, 5) is 33.6. The van der Waals surface area contributed by atoms with Crippen molar-refractivity contribution in [2.24, 2.45) is 0 Å². The fourth-order valence-corrected chi connectivity index (χ4v) is 7.60. The van der Waals surface area contributed by atoms with Gasteiger partial charge in [-0.15, -0.1) is 11.3 Å². The van der Waals surface area contributed by atoms with Gasteiger partial charge in [0.25, 0.3) is 0 Å². The van der Waals surface area contributed by atoms with Crippen molar-refractivity contribution in [3.05, 3.63) is 35.4 Å². The van der Waals surface area contributed by atoms with E-state index in [4.69, 9.17) is 10.7 Å². The van der Waals surface area contributed by atoms with E-state index in [1.165, 1.54) is 15.9 Å². The zero-order valence-electron chi connectivity index (χ0n) is 20.6. The van der Waals surface area contributed by atoms with E-state index in [2.05, 4.69) is 20.1 Å². The molecule has 13 heteroatoms. The summed E-state index contributed by atoms with van der Waals surface area (Å²) in [6.45, 7) is 3.58. The third kappa shape index (κ3) is 3.96. The van der Waals surface area contributed by atoms with Crippen molar-refractivity contribution in [3.63, 3.8) is 0 Å². The lowest BCUT2D eigenvalue weighted by atomic mass is 9.87. The Bertz CT molecular complexity index is 1630. The van der Waals surface area contributed by atoms with Gasteiger partial charge in [-0.25, -0.2) is 23.4 Å². The van der Waals surface area contributed by atoms with Gasteiger partial charge in [-0.05, 0) is 32.6 Å². The standard InChI is InChI=1S/C24H26N8O3S2/c1-12-8-28-24(36-12)19-11-26-18(10-27-19)17-9-29-32-22(25)21(37(3,34)35)20(30-23(17)32)14-6-15-4-5-16(7-14)31(15)13(2)33/h8-11,14-16H,4-7,25H2,1-3H3/t14?,15-,16+. The second-order valence-corrected chi connectivity index (χ2v) is 13.0. The average molecular weight is 539 g/mol. The second kappa shape index (κ2) is 8.55. The van der Waals surface area contributed by atoms with Crippen LogP contribution in [0.3, 0.4) is 0 Å². The molecule has 2 saturated heterocycles. The lowest BCUT2D eigenvalue weighted by Crippen LogP contribution is -2.45. The maximum atomic E-state index is 12.9. The summed E-state index contributed by atoms with van der Waals surface area (Å²) >= 11 is 1.54. The third-order valence-electron chi connectivity index (χ3n) is 7.29. The lowest BCUT2D eigenvalue weighted by Gasteiger charge is -2.38. The topological polar surface area (TPSA) is 149 Å². The molecule has 37 heavy (non-hydrogen) atoms. The number of aromatic nitrogens is 6. The first-order chi connectivity index (χ1) is 17.6. The number of anilines is 1. The van der Waals surface area contributed by atoms with Crippen molar-refractivity contribution in [1.29, 1.82) is 0 Å². The minimum absolute atomic E-state index is 0.0101. The summed E-state index contributed by atoms with van der Waals surface area (Å²) in [5.41, 5.74) is 9.12. The number of sulfone groups is 1. The molecular weight excluding hydrogens is 512 g/mol. The van der Waals surface area contributed by atoms with Gasteiger partial charge in [-0.2, -0.15) is 9.61 Å². The summed E-state index contributed by atoms with van der Waals surface area (Å²) in [5.74, 6) is -0.0577. The zero-order valence-corrected chi connectivity index (χ0v) is 22.3. The molecule has 6 heterocycles. The Labute approximate surface area is 217 Å². The van der Waals surface area contributed by atoms with Crippen LogP contribution >= 0.6 is 11.3 Å². The van der Waals surface area contributed by atoms with E-state index in [1.54, 1.807) is 31.7 Å². The number of carbonyl (C=O) groups excluding carboxylic acids is 1. The molecule has 2 fully saturated rings.